The van der Waals surface area contributed by atoms with Gasteiger partial charge in [-0.25, -0.2) is 14.6 Å². The molecular weight excluding hydrogens is 242 g/mol. The summed E-state index contributed by atoms with van der Waals surface area (Å²) in [4.78, 5) is 8.43. The lowest BCUT2D eigenvalue weighted by Crippen LogP contribution is -2.15. The zero-order valence-electron chi connectivity index (χ0n) is 11.8. The minimum atomic E-state index is 0.695. The van der Waals surface area contributed by atoms with Crippen LogP contribution in [0.4, 0.5) is 0 Å². The summed E-state index contributed by atoms with van der Waals surface area (Å²) in [6, 6.07) is 1.91. The van der Waals surface area contributed by atoms with E-state index in [0.717, 1.165) is 28.7 Å². The molecule has 0 atom stereocenters. The Labute approximate surface area is 112 Å². The van der Waals surface area contributed by atoms with Crippen molar-refractivity contribution < 1.29 is 4.74 Å². The van der Waals surface area contributed by atoms with Gasteiger partial charge in [-0.3, -0.25) is 0 Å². The molecule has 19 heavy (non-hydrogen) atoms. The zero-order chi connectivity index (χ0) is 13.8. The number of nitrogens with one attached hydrogen (secondary N) is 1. The van der Waals surface area contributed by atoms with Crippen LogP contribution in [0.1, 0.15) is 22.8 Å². The van der Waals surface area contributed by atoms with Crippen molar-refractivity contribution in [1.82, 2.24) is 25.1 Å². The third-order valence-electron chi connectivity index (χ3n) is 2.92. The molecule has 0 saturated heterocycles. The predicted octanol–water partition coefficient (Wildman–Crippen LogP) is 1.13. The highest BCUT2D eigenvalue weighted by atomic mass is 16.5. The first-order chi connectivity index (χ1) is 9.11. The lowest BCUT2D eigenvalue weighted by molar-refractivity contribution is 0.368. The summed E-state index contributed by atoms with van der Waals surface area (Å²) < 4.78 is 7.10. The number of hydrogen-bond acceptors (Lipinski definition) is 5. The molecule has 6 nitrogen and oxygen atoms in total. The number of nitrogens with zero attached hydrogens (tertiary/aromatic N) is 4. The summed E-state index contributed by atoms with van der Waals surface area (Å²) in [5.41, 5.74) is 3.04. The van der Waals surface area contributed by atoms with E-state index in [0.29, 0.717) is 13.1 Å². The van der Waals surface area contributed by atoms with Gasteiger partial charge in [-0.15, -0.1) is 0 Å². The Kier molecular flexibility index (Phi) is 4.11. The Bertz CT molecular complexity index is 564. The molecule has 102 valence electrons. The van der Waals surface area contributed by atoms with Gasteiger partial charge in [0.05, 0.1) is 24.1 Å². The number of ether oxygens (including phenoxy) is 1. The van der Waals surface area contributed by atoms with Crippen molar-refractivity contribution in [3.63, 3.8) is 0 Å². The minimum absolute atomic E-state index is 0.695. The summed E-state index contributed by atoms with van der Waals surface area (Å²) in [6.07, 6.45) is 1.77. The molecule has 0 aromatic carbocycles. The number of aryl methyl sites for hydroxylation is 3. The molecule has 2 heterocycles. The standard InChI is InChI=1S/C13H19N5O/c1-9-12(13(19-4)18(3)17-9)8-14-7-11-5-6-15-10(2)16-11/h5-6,14H,7-8H2,1-4H3. The maximum atomic E-state index is 5.35. The summed E-state index contributed by atoms with van der Waals surface area (Å²) in [5, 5.41) is 7.70. The molecule has 0 fully saturated rings. The first kappa shape index (κ1) is 13.5. The second kappa shape index (κ2) is 5.79. The maximum Gasteiger partial charge on any atom is 0.216 e. The molecule has 2 aromatic rings. The van der Waals surface area contributed by atoms with Crippen molar-refractivity contribution in [2.45, 2.75) is 26.9 Å². The molecule has 1 N–H and O–H groups in total. The van der Waals surface area contributed by atoms with E-state index in [1.165, 1.54) is 0 Å². The zero-order valence-corrected chi connectivity index (χ0v) is 11.8. The van der Waals surface area contributed by atoms with Gasteiger partial charge in [0, 0.05) is 26.3 Å². The SMILES string of the molecule is COc1c(CNCc2ccnc(C)n2)c(C)nn1C. The van der Waals surface area contributed by atoms with Gasteiger partial charge >= 0.3 is 0 Å². The molecular formula is C13H19N5O. The minimum Gasteiger partial charge on any atom is -0.481 e. The molecule has 0 bridgehead atoms. The van der Waals surface area contributed by atoms with Gasteiger partial charge in [0.2, 0.25) is 5.88 Å². The van der Waals surface area contributed by atoms with E-state index in [-0.39, 0.29) is 0 Å². The Hall–Kier alpha value is -1.95. The van der Waals surface area contributed by atoms with Gasteiger partial charge in [0.15, 0.2) is 0 Å². The van der Waals surface area contributed by atoms with Crippen molar-refractivity contribution in [1.29, 1.82) is 0 Å². The first-order valence-electron chi connectivity index (χ1n) is 6.17. The predicted molar refractivity (Wildman–Crippen MR) is 71.8 cm³/mol. The van der Waals surface area contributed by atoms with E-state index in [9.17, 15) is 0 Å². The normalized spacial score (nSPS) is 10.7. The molecule has 0 spiro atoms. The first-order valence-corrected chi connectivity index (χ1v) is 6.17. The van der Waals surface area contributed by atoms with E-state index in [1.807, 2.05) is 27.0 Å². The van der Waals surface area contributed by atoms with Crippen LogP contribution < -0.4 is 10.1 Å². The molecule has 0 amide bonds. The van der Waals surface area contributed by atoms with E-state index >= 15 is 0 Å². The van der Waals surface area contributed by atoms with E-state index < -0.39 is 0 Å². The third-order valence-corrected chi connectivity index (χ3v) is 2.92. The van der Waals surface area contributed by atoms with Crippen molar-refractivity contribution in [3.05, 3.63) is 35.0 Å². The molecule has 2 rings (SSSR count). The van der Waals surface area contributed by atoms with Crippen LogP contribution in [0.2, 0.25) is 0 Å². The van der Waals surface area contributed by atoms with Crippen LogP contribution in [-0.2, 0) is 20.1 Å². The quantitative estimate of drug-likeness (QED) is 0.874. The molecule has 0 aliphatic heterocycles. The van der Waals surface area contributed by atoms with Gasteiger partial charge in [0.1, 0.15) is 5.82 Å². The lowest BCUT2D eigenvalue weighted by atomic mass is 10.2. The summed E-state index contributed by atoms with van der Waals surface area (Å²) in [5.74, 6) is 1.58. The topological polar surface area (TPSA) is 64.9 Å². The Morgan fingerprint density at radius 2 is 2.11 bits per heavy atom. The van der Waals surface area contributed by atoms with Crippen LogP contribution in [0.5, 0.6) is 5.88 Å². The molecule has 0 saturated carbocycles. The van der Waals surface area contributed by atoms with Gasteiger partial charge < -0.3 is 10.1 Å². The average molecular weight is 261 g/mol. The van der Waals surface area contributed by atoms with Crippen LogP contribution in [0, 0.1) is 13.8 Å². The second-order valence-corrected chi connectivity index (χ2v) is 4.40. The van der Waals surface area contributed by atoms with Crippen molar-refractivity contribution >= 4 is 0 Å². The second-order valence-electron chi connectivity index (χ2n) is 4.40. The highest BCUT2D eigenvalue weighted by Crippen LogP contribution is 2.20. The van der Waals surface area contributed by atoms with Crippen LogP contribution in [0.3, 0.4) is 0 Å². The molecule has 0 unspecified atom stereocenters. The molecule has 0 aliphatic rings. The van der Waals surface area contributed by atoms with Crippen LogP contribution >= 0.6 is 0 Å². The van der Waals surface area contributed by atoms with Crippen molar-refractivity contribution in [2.75, 3.05) is 7.11 Å². The summed E-state index contributed by atoms with van der Waals surface area (Å²) in [6.45, 7) is 5.26. The van der Waals surface area contributed by atoms with Crippen molar-refractivity contribution in [2.24, 2.45) is 7.05 Å². The average Bonchev–Trinajstić information content (AvgIpc) is 2.64. The highest BCUT2D eigenvalue weighted by Gasteiger charge is 2.13. The monoisotopic (exact) mass is 261 g/mol. The number of rotatable bonds is 5. The Balaban J connectivity index is 2.00. The summed E-state index contributed by atoms with van der Waals surface area (Å²) in [7, 11) is 3.54. The van der Waals surface area contributed by atoms with Gasteiger partial charge in [-0.2, -0.15) is 5.10 Å². The van der Waals surface area contributed by atoms with Gasteiger partial charge in [0.25, 0.3) is 0 Å². The van der Waals surface area contributed by atoms with Crippen LogP contribution in [-0.4, -0.2) is 26.9 Å². The van der Waals surface area contributed by atoms with Crippen molar-refractivity contribution in [3.8, 4) is 5.88 Å². The molecule has 0 radical (unpaired) electrons. The molecule has 6 heteroatoms. The van der Waals surface area contributed by atoms with Crippen LogP contribution in [0.25, 0.3) is 0 Å². The fourth-order valence-corrected chi connectivity index (χ4v) is 2.06. The molecule has 2 aromatic heterocycles. The molecule has 0 aliphatic carbocycles. The van der Waals surface area contributed by atoms with E-state index in [1.54, 1.807) is 18.0 Å². The van der Waals surface area contributed by atoms with Gasteiger partial charge in [-0.05, 0) is 19.9 Å². The Morgan fingerprint density at radius 1 is 1.32 bits per heavy atom. The third kappa shape index (κ3) is 3.08. The highest BCUT2D eigenvalue weighted by molar-refractivity contribution is 5.30. The van der Waals surface area contributed by atoms with Gasteiger partial charge in [-0.1, -0.05) is 0 Å². The largest absolute Gasteiger partial charge is 0.481 e. The number of hydrogen-bond donors (Lipinski definition) is 1. The fraction of sp³-hybridized carbons (Fsp3) is 0.462. The van der Waals surface area contributed by atoms with E-state index in [4.69, 9.17) is 4.74 Å². The smallest absolute Gasteiger partial charge is 0.216 e. The number of methoxy groups -OCH3 is 1. The lowest BCUT2D eigenvalue weighted by Gasteiger charge is -2.07. The van der Waals surface area contributed by atoms with Crippen LogP contribution in [0.15, 0.2) is 12.3 Å². The summed E-state index contributed by atoms with van der Waals surface area (Å²) >= 11 is 0. The fourth-order valence-electron chi connectivity index (χ4n) is 2.06. The van der Waals surface area contributed by atoms with E-state index in [2.05, 4.69) is 20.4 Å². The maximum absolute atomic E-state index is 5.35. The Morgan fingerprint density at radius 3 is 2.79 bits per heavy atom. The number of aromatic nitrogens is 4.